The van der Waals surface area contributed by atoms with Crippen LogP contribution in [0.15, 0.2) is 48.7 Å². The minimum atomic E-state index is -0.865. The van der Waals surface area contributed by atoms with Crippen molar-refractivity contribution in [3.63, 3.8) is 0 Å². The number of hydrogen-bond donors (Lipinski definition) is 2. The number of para-hydroxylation sites is 1. The normalized spacial score (nSPS) is 20.9. The van der Waals surface area contributed by atoms with Crippen molar-refractivity contribution < 1.29 is 23.2 Å². The van der Waals surface area contributed by atoms with Gasteiger partial charge in [-0.2, -0.15) is 0 Å². The predicted molar refractivity (Wildman–Crippen MR) is 112 cm³/mol. The van der Waals surface area contributed by atoms with Crippen LogP contribution in [0.2, 0.25) is 0 Å². The average Bonchev–Trinajstić information content (AvgIpc) is 3.21. The zero-order valence-electron chi connectivity index (χ0n) is 17.0. The van der Waals surface area contributed by atoms with Gasteiger partial charge in [0.15, 0.2) is 0 Å². The van der Waals surface area contributed by atoms with Crippen molar-refractivity contribution in [2.75, 3.05) is 19.6 Å². The molecule has 0 aliphatic carbocycles. The van der Waals surface area contributed by atoms with E-state index >= 15 is 0 Å². The van der Waals surface area contributed by atoms with Crippen molar-refractivity contribution in [2.24, 2.45) is 0 Å². The van der Waals surface area contributed by atoms with Gasteiger partial charge in [0.25, 0.3) is 5.91 Å². The second kappa shape index (κ2) is 7.74. The Kier molecular flexibility index (Phi) is 4.88. The van der Waals surface area contributed by atoms with Crippen molar-refractivity contribution in [3.8, 4) is 0 Å². The van der Waals surface area contributed by atoms with Crippen LogP contribution in [0.25, 0.3) is 10.9 Å². The third kappa shape index (κ3) is 3.39. The monoisotopic (exact) mass is 438 g/mol. The van der Waals surface area contributed by atoms with Crippen molar-refractivity contribution in [3.05, 3.63) is 71.4 Å². The van der Waals surface area contributed by atoms with Crippen molar-refractivity contribution in [1.82, 2.24) is 20.1 Å². The molecule has 0 unspecified atom stereocenters. The number of nitrogens with zero attached hydrogens (tertiary/aromatic N) is 2. The molecule has 0 spiro atoms. The quantitative estimate of drug-likeness (QED) is 0.655. The van der Waals surface area contributed by atoms with Gasteiger partial charge < -0.3 is 20.1 Å². The number of benzene rings is 2. The topological polar surface area (TPSA) is 85.5 Å². The lowest BCUT2D eigenvalue weighted by atomic mass is 9.98. The molecule has 9 heteroatoms. The van der Waals surface area contributed by atoms with Crippen molar-refractivity contribution in [1.29, 1.82) is 0 Å². The van der Waals surface area contributed by atoms with E-state index in [9.17, 15) is 23.2 Å². The van der Waals surface area contributed by atoms with Crippen LogP contribution < -0.4 is 5.32 Å². The molecule has 2 fully saturated rings. The van der Waals surface area contributed by atoms with Gasteiger partial charge in [0.05, 0.1) is 12.1 Å². The maximum Gasteiger partial charge on any atom is 0.257 e. The van der Waals surface area contributed by atoms with Crippen LogP contribution in [0, 0.1) is 11.6 Å². The SMILES string of the molecule is O=C1N[C@@H](Cc2c[nH]c3ccccc23)C(=O)N2CCN(C(=O)c3cc(F)ccc3F)C[C@H]12. The third-order valence-corrected chi connectivity index (χ3v) is 6.13. The smallest absolute Gasteiger partial charge is 0.257 e. The second-order valence-corrected chi connectivity index (χ2v) is 8.05. The van der Waals surface area contributed by atoms with E-state index in [2.05, 4.69) is 10.3 Å². The van der Waals surface area contributed by atoms with Gasteiger partial charge >= 0.3 is 0 Å². The van der Waals surface area contributed by atoms with E-state index in [1.54, 1.807) is 0 Å². The molecule has 0 bridgehead atoms. The Labute approximate surface area is 182 Å². The van der Waals surface area contributed by atoms with Crippen LogP contribution in [0.1, 0.15) is 15.9 Å². The number of hydrogen-bond acceptors (Lipinski definition) is 3. The summed E-state index contributed by atoms with van der Waals surface area (Å²) in [5.41, 5.74) is 1.48. The van der Waals surface area contributed by atoms with Gasteiger partial charge in [0, 0.05) is 36.6 Å². The van der Waals surface area contributed by atoms with Crippen LogP contribution >= 0.6 is 0 Å². The lowest BCUT2D eigenvalue weighted by molar-refractivity contribution is -0.152. The van der Waals surface area contributed by atoms with Gasteiger partial charge in [-0.15, -0.1) is 0 Å². The highest BCUT2D eigenvalue weighted by molar-refractivity contribution is 5.99. The Morgan fingerprint density at radius 3 is 2.75 bits per heavy atom. The number of carbonyl (C=O) groups is 3. The summed E-state index contributed by atoms with van der Waals surface area (Å²) in [6.45, 7) is 0.195. The number of piperazine rings is 2. The van der Waals surface area contributed by atoms with Crippen LogP contribution in [-0.2, 0) is 16.0 Å². The Bertz CT molecular complexity index is 1240. The largest absolute Gasteiger partial charge is 0.361 e. The number of carbonyl (C=O) groups excluding carboxylic acids is 3. The van der Waals surface area contributed by atoms with E-state index in [1.807, 2.05) is 30.5 Å². The first-order valence-corrected chi connectivity index (χ1v) is 10.3. The first-order valence-electron chi connectivity index (χ1n) is 10.3. The highest BCUT2D eigenvalue weighted by Crippen LogP contribution is 2.24. The summed E-state index contributed by atoms with van der Waals surface area (Å²) in [6, 6.07) is 8.81. The lowest BCUT2D eigenvalue weighted by Gasteiger charge is -2.45. The number of fused-ring (bicyclic) bond motifs is 2. The molecule has 5 rings (SSSR count). The van der Waals surface area contributed by atoms with Gasteiger partial charge in [0.2, 0.25) is 11.8 Å². The van der Waals surface area contributed by atoms with Crippen LogP contribution in [0.5, 0.6) is 0 Å². The molecule has 2 aromatic carbocycles. The van der Waals surface area contributed by atoms with E-state index in [0.29, 0.717) is 6.42 Å². The van der Waals surface area contributed by atoms with Gasteiger partial charge in [-0.05, 0) is 29.8 Å². The molecule has 2 saturated heterocycles. The van der Waals surface area contributed by atoms with Gasteiger partial charge in [-0.25, -0.2) is 8.78 Å². The van der Waals surface area contributed by atoms with Crippen LogP contribution in [0.3, 0.4) is 0 Å². The summed E-state index contributed by atoms with van der Waals surface area (Å²) in [4.78, 5) is 44.6. The number of amides is 3. The molecular formula is C23H20F2N4O3. The number of H-pyrrole nitrogens is 1. The maximum atomic E-state index is 14.0. The molecule has 3 aromatic rings. The molecule has 7 nitrogen and oxygen atoms in total. The van der Waals surface area contributed by atoms with Crippen molar-refractivity contribution >= 4 is 28.6 Å². The fraction of sp³-hybridized carbons (Fsp3) is 0.261. The molecule has 2 aliphatic heterocycles. The number of aromatic amines is 1. The molecule has 0 saturated carbocycles. The Morgan fingerprint density at radius 2 is 1.91 bits per heavy atom. The average molecular weight is 438 g/mol. The fourth-order valence-corrected chi connectivity index (χ4v) is 4.48. The molecule has 32 heavy (non-hydrogen) atoms. The van der Waals surface area contributed by atoms with Gasteiger partial charge in [-0.1, -0.05) is 18.2 Å². The Balaban J connectivity index is 1.32. The van der Waals surface area contributed by atoms with E-state index in [-0.39, 0.29) is 31.4 Å². The van der Waals surface area contributed by atoms with E-state index < -0.39 is 35.2 Å². The minimum Gasteiger partial charge on any atom is -0.361 e. The molecule has 0 radical (unpaired) electrons. The third-order valence-electron chi connectivity index (χ3n) is 6.13. The Morgan fingerprint density at radius 1 is 1.09 bits per heavy atom. The standard InChI is InChI=1S/C23H20F2N4O3/c24-14-5-6-17(25)16(10-14)22(31)28-7-8-29-20(12-28)21(30)27-19(23(29)32)9-13-11-26-18-4-2-1-3-15(13)18/h1-6,10-11,19-20,26H,7-9,12H2,(H,27,30)/t19-,20+/m0/s1. The summed E-state index contributed by atoms with van der Waals surface area (Å²) in [7, 11) is 0. The molecule has 2 N–H and O–H groups in total. The van der Waals surface area contributed by atoms with Crippen LogP contribution in [-0.4, -0.2) is 64.2 Å². The zero-order chi connectivity index (χ0) is 22.4. The molecule has 2 aliphatic rings. The lowest BCUT2D eigenvalue weighted by Crippen LogP contribution is -2.70. The highest BCUT2D eigenvalue weighted by Gasteiger charge is 2.44. The summed E-state index contributed by atoms with van der Waals surface area (Å²) in [5.74, 6) is -2.85. The molecular weight excluding hydrogens is 418 g/mol. The molecule has 3 amide bonds. The molecule has 2 atom stereocenters. The highest BCUT2D eigenvalue weighted by atomic mass is 19.1. The predicted octanol–water partition coefficient (Wildman–Crippen LogP) is 1.84. The Hall–Kier alpha value is -3.75. The zero-order valence-corrected chi connectivity index (χ0v) is 17.0. The van der Waals surface area contributed by atoms with E-state index in [4.69, 9.17) is 0 Å². The second-order valence-electron chi connectivity index (χ2n) is 8.05. The summed E-state index contributed by atoms with van der Waals surface area (Å²) < 4.78 is 27.5. The first kappa shape index (κ1) is 20.2. The molecule has 1 aromatic heterocycles. The van der Waals surface area contributed by atoms with Gasteiger partial charge in [0.1, 0.15) is 23.7 Å². The van der Waals surface area contributed by atoms with Crippen molar-refractivity contribution in [2.45, 2.75) is 18.5 Å². The number of nitrogens with one attached hydrogen (secondary N) is 2. The maximum absolute atomic E-state index is 14.0. The first-order chi connectivity index (χ1) is 15.4. The number of halogens is 2. The van der Waals surface area contributed by atoms with Crippen LogP contribution in [0.4, 0.5) is 8.78 Å². The van der Waals surface area contributed by atoms with E-state index in [0.717, 1.165) is 34.7 Å². The molecule has 164 valence electrons. The van der Waals surface area contributed by atoms with E-state index in [1.165, 1.54) is 9.80 Å². The fourth-order valence-electron chi connectivity index (χ4n) is 4.48. The summed E-state index contributed by atoms with van der Waals surface area (Å²) in [5, 5.41) is 3.76. The van der Waals surface area contributed by atoms with Gasteiger partial charge in [-0.3, -0.25) is 14.4 Å². The minimum absolute atomic E-state index is 0.0772. The molecule has 3 heterocycles. The summed E-state index contributed by atoms with van der Waals surface area (Å²) >= 11 is 0. The number of aromatic nitrogens is 1. The summed E-state index contributed by atoms with van der Waals surface area (Å²) in [6.07, 6.45) is 2.18. The number of rotatable bonds is 3.